The van der Waals surface area contributed by atoms with Crippen LogP contribution >= 0.6 is 0 Å². The van der Waals surface area contributed by atoms with Crippen molar-refractivity contribution in [3.63, 3.8) is 0 Å². The topological polar surface area (TPSA) is 43.8 Å². The van der Waals surface area contributed by atoms with Crippen LogP contribution in [0, 0.1) is 11.8 Å². The lowest BCUT2D eigenvalue weighted by Crippen LogP contribution is -2.45. The van der Waals surface area contributed by atoms with Crippen LogP contribution in [0.3, 0.4) is 0 Å². The molecule has 0 aliphatic heterocycles. The number of hydroxylamine groups is 2. The summed E-state index contributed by atoms with van der Waals surface area (Å²) in [7, 11) is 0. The van der Waals surface area contributed by atoms with Crippen molar-refractivity contribution in [3.8, 4) is 0 Å². The van der Waals surface area contributed by atoms with Gasteiger partial charge in [0.15, 0.2) is 0 Å². The van der Waals surface area contributed by atoms with E-state index in [2.05, 4.69) is 26.0 Å². The van der Waals surface area contributed by atoms with E-state index in [0.717, 1.165) is 17.5 Å². The Morgan fingerprint density at radius 2 is 1.59 bits per heavy atom. The number of hydrogen-bond donors (Lipinski definition) is 1. The maximum absolute atomic E-state index is 13.6. The van der Waals surface area contributed by atoms with Crippen LogP contribution < -0.4 is 0 Å². The molecule has 0 radical (unpaired) electrons. The van der Waals surface area contributed by atoms with Gasteiger partial charge in [-0.15, -0.1) is 0 Å². The second-order valence-corrected chi connectivity index (χ2v) is 8.44. The van der Waals surface area contributed by atoms with Crippen molar-refractivity contribution in [2.75, 3.05) is 13.1 Å². The van der Waals surface area contributed by atoms with E-state index in [4.69, 9.17) is 0 Å². The molecular formula is C25H34N2O2. The van der Waals surface area contributed by atoms with Gasteiger partial charge in [-0.25, -0.2) is 0 Å². The van der Waals surface area contributed by atoms with Crippen LogP contribution in [0.2, 0.25) is 0 Å². The Labute approximate surface area is 175 Å². The first-order chi connectivity index (χ1) is 14.0. The Hall–Kier alpha value is -2.17. The Morgan fingerprint density at radius 3 is 2.10 bits per heavy atom. The summed E-state index contributed by atoms with van der Waals surface area (Å²) in [5.74, 6) is 0.507. The molecule has 1 fully saturated rings. The minimum absolute atomic E-state index is 0.0880. The van der Waals surface area contributed by atoms with E-state index in [1.165, 1.54) is 5.06 Å². The smallest absolute Gasteiger partial charge is 0.233 e. The third kappa shape index (κ3) is 4.24. The third-order valence-electron chi connectivity index (χ3n) is 6.36. The molecule has 4 heteroatoms. The minimum atomic E-state index is -0.542. The molecule has 0 spiro atoms. The first-order valence-corrected chi connectivity index (χ1v) is 10.8. The van der Waals surface area contributed by atoms with Gasteiger partial charge in [0.1, 0.15) is 0 Å². The highest BCUT2D eigenvalue weighted by Gasteiger charge is 2.65. The van der Waals surface area contributed by atoms with Crippen LogP contribution in [0.4, 0.5) is 0 Å². The Bertz CT molecular complexity index is 789. The molecule has 29 heavy (non-hydrogen) atoms. The molecule has 0 bridgehead atoms. The Balaban J connectivity index is 1.92. The number of hydrogen-bond acceptors (Lipinski definition) is 3. The summed E-state index contributed by atoms with van der Waals surface area (Å²) < 4.78 is 0. The van der Waals surface area contributed by atoms with E-state index in [-0.39, 0.29) is 23.8 Å². The maximum atomic E-state index is 13.6. The zero-order chi connectivity index (χ0) is 21.0. The molecule has 0 aromatic heterocycles. The summed E-state index contributed by atoms with van der Waals surface area (Å²) >= 11 is 0. The summed E-state index contributed by atoms with van der Waals surface area (Å²) in [5.41, 5.74) is 1.60. The monoisotopic (exact) mass is 394 g/mol. The molecule has 1 aliphatic rings. The van der Waals surface area contributed by atoms with Crippen molar-refractivity contribution in [3.05, 3.63) is 71.8 Å². The highest BCUT2D eigenvalue weighted by molar-refractivity contribution is 5.92. The summed E-state index contributed by atoms with van der Waals surface area (Å²) in [4.78, 5) is 15.6. The standard InChI is InChI=1S/C25H34N2O2/c1-5-26(6-2)24(28)25(21-15-11-8-12-16-21)17-22(25)23(19(3)4)27(29)18-20-13-9-7-10-14-20/h7-16,19,22-23,29H,5-6,17-18H2,1-4H3/t22-,23-,25+/m0/s1. The zero-order valence-electron chi connectivity index (χ0n) is 18.1. The molecule has 1 amide bonds. The third-order valence-corrected chi connectivity index (χ3v) is 6.36. The molecular weight excluding hydrogens is 360 g/mol. The molecule has 3 rings (SSSR count). The summed E-state index contributed by atoms with van der Waals surface area (Å²) in [6.45, 7) is 10.2. The lowest BCUT2D eigenvalue weighted by Gasteiger charge is -2.33. The number of carbonyl (C=O) groups excluding carboxylic acids is 1. The number of rotatable bonds is 9. The first-order valence-electron chi connectivity index (χ1n) is 10.8. The summed E-state index contributed by atoms with van der Waals surface area (Å²) in [6.07, 6.45) is 0.779. The minimum Gasteiger partial charge on any atom is -0.342 e. The Kier molecular flexibility index (Phi) is 6.76. The molecule has 2 aromatic rings. The number of amides is 1. The second-order valence-electron chi connectivity index (χ2n) is 8.44. The highest BCUT2D eigenvalue weighted by Crippen LogP contribution is 2.59. The van der Waals surface area contributed by atoms with Crippen molar-refractivity contribution in [1.82, 2.24) is 9.96 Å². The van der Waals surface area contributed by atoms with Crippen molar-refractivity contribution in [1.29, 1.82) is 0 Å². The highest BCUT2D eigenvalue weighted by atomic mass is 16.5. The zero-order valence-corrected chi connectivity index (χ0v) is 18.1. The van der Waals surface area contributed by atoms with E-state index in [9.17, 15) is 10.0 Å². The van der Waals surface area contributed by atoms with E-state index in [0.29, 0.717) is 19.6 Å². The predicted molar refractivity (Wildman–Crippen MR) is 117 cm³/mol. The van der Waals surface area contributed by atoms with E-state index in [1.54, 1.807) is 0 Å². The van der Waals surface area contributed by atoms with Gasteiger partial charge in [-0.3, -0.25) is 4.79 Å². The summed E-state index contributed by atoms with van der Waals surface area (Å²) in [6, 6.07) is 20.1. The molecule has 0 saturated heterocycles. The van der Waals surface area contributed by atoms with Crippen LogP contribution in [-0.4, -0.2) is 40.2 Å². The van der Waals surface area contributed by atoms with E-state index in [1.807, 2.05) is 67.3 Å². The number of carbonyl (C=O) groups is 1. The lowest BCUT2D eigenvalue weighted by molar-refractivity contribution is -0.157. The van der Waals surface area contributed by atoms with Gasteiger partial charge in [0.25, 0.3) is 0 Å². The van der Waals surface area contributed by atoms with Crippen LogP contribution in [0.15, 0.2) is 60.7 Å². The van der Waals surface area contributed by atoms with Crippen molar-refractivity contribution in [2.24, 2.45) is 11.8 Å². The van der Waals surface area contributed by atoms with Gasteiger partial charge in [-0.1, -0.05) is 74.5 Å². The van der Waals surface area contributed by atoms with Crippen LogP contribution in [0.25, 0.3) is 0 Å². The quantitative estimate of drug-likeness (QED) is 0.626. The Morgan fingerprint density at radius 1 is 1.03 bits per heavy atom. The van der Waals surface area contributed by atoms with E-state index >= 15 is 0 Å². The summed E-state index contributed by atoms with van der Waals surface area (Å²) in [5, 5.41) is 12.5. The van der Waals surface area contributed by atoms with Gasteiger partial charge < -0.3 is 10.1 Å². The molecule has 0 heterocycles. The van der Waals surface area contributed by atoms with E-state index < -0.39 is 5.41 Å². The van der Waals surface area contributed by atoms with Gasteiger partial charge in [0.2, 0.25) is 5.91 Å². The largest absolute Gasteiger partial charge is 0.342 e. The van der Waals surface area contributed by atoms with Crippen LogP contribution in [-0.2, 0) is 16.8 Å². The molecule has 3 atom stereocenters. The maximum Gasteiger partial charge on any atom is 0.233 e. The average Bonchev–Trinajstić information content (AvgIpc) is 3.46. The normalized spacial score (nSPS) is 22.0. The van der Waals surface area contributed by atoms with Gasteiger partial charge >= 0.3 is 0 Å². The van der Waals surface area contributed by atoms with Gasteiger partial charge in [0, 0.05) is 25.7 Å². The van der Waals surface area contributed by atoms with Crippen molar-refractivity contribution >= 4 is 5.91 Å². The molecule has 1 aliphatic carbocycles. The van der Waals surface area contributed by atoms with Crippen molar-refractivity contribution < 1.29 is 10.0 Å². The fraction of sp³-hybridized carbons (Fsp3) is 0.480. The second kappa shape index (κ2) is 9.10. The van der Waals surface area contributed by atoms with Crippen LogP contribution in [0.1, 0.15) is 45.2 Å². The lowest BCUT2D eigenvalue weighted by atomic mass is 9.86. The fourth-order valence-corrected chi connectivity index (χ4v) is 4.82. The molecule has 0 unspecified atom stereocenters. The molecule has 1 saturated carbocycles. The molecule has 1 N–H and O–H groups in total. The number of benzene rings is 2. The van der Waals surface area contributed by atoms with Gasteiger partial charge in [-0.2, -0.15) is 5.06 Å². The fourth-order valence-electron chi connectivity index (χ4n) is 4.82. The number of nitrogens with zero attached hydrogens (tertiary/aromatic N) is 2. The average molecular weight is 395 g/mol. The molecule has 2 aromatic carbocycles. The van der Waals surface area contributed by atoms with Gasteiger partial charge in [-0.05, 0) is 43.2 Å². The molecule has 4 nitrogen and oxygen atoms in total. The van der Waals surface area contributed by atoms with Gasteiger partial charge in [0.05, 0.1) is 5.41 Å². The first kappa shape index (κ1) is 21.5. The van der Waals surface area contributed by atoms with Crippen LogP contribution in [0.5, 0.6) is 0 Å². The number of likely N-dealkylation sites (N-methyl/N-ethyl adjacent to an activating group) is 1. The SMILES string of the molecule is CCN(CC)C(=O)[C@@]1(c2ccccc2)C[C@H]1[C@H](C(C)C)N(O)Cc1ccccc1. The molecule has 156 valence electrons. The van der Waals surface area contributed by atoms with Crippen molar-refractivity contribution in [2.45, 2.75) is 52.1 Å². The predicted octanol–water partition coefficient (Wildman–Crippen LogP) is 4.73.